The maximum absolute atomic E-state index is 13.6. The van der Waals surface area contributed by atoms with Crippen LogP contribution in [0.25, 0.3) is 0 Å². The summed E-state index contributed by atoms with van der Waals surface area (Å²) >= 11 is 1.81. The number of unbranched alkanes of at least 4 members (excludes halogenated alkanes) is 1. The van der Waals surface area contributed by atoms with E-state index in [1.807, 2.05) is 11.8 Å². The first-order chi connectivity index (χ1) is 14.8. The van der Waals surface area contributed by atoms with E-state index in [4.69, 9.17) is 0 Å². The van der Waals surface area contributed by atoms with E-state index in [-0.39, 0.29) is 37.1 Å². The maximum atomic E-state index is 13.6. The van der Waals surface area contributed by atoms with Gasteiger partial charge in [0, 0.05) is 42.6 Å². The molecule has 0 saturated carbocycles. The fourth-order valence-electron chi connectivity index (χ4n) is 3.67. The molecule has 3 atom stereocenters. The third kappa shape index (κ3) is 5.59. The van der Waals surface area contributed by atoms with Crippen LogP contribution in [0.15, 0.2) is 0 Å². The highest BCUT2D eigenvalue weighted by Gasteiger charge is 2.42. The summed E-state index contributed by atoms with van der Waals surface area (Å²) in [5.41, 5.74) is -0.941. The van der Waals surface area contributed by atoms with Crippen molar-refractivity contribution in [3.8, 4) is 0 Å². The molecule has 0 aromatic heterocycles. The van der Waals surface area contributed by atoms with Crippen LogP contribution in [0.2, 0.25) is 0 Å². The van der Waals surface area contributed by atoms with Crippen molar-refractivity contribution in [1.29, 1.82) is 0 Å². The smallest absolute Gasteiger partial charge is 0.315 e. The first kappa shape index (κ1) is 23.6. The van der Waals surface area contributed by atoms with Gasteiger partial charge in [0.15, 0.2) is 23.3 Å². The van der Waals surface area contributed by atoms with Gasteiger partial charge < -0.3 is 21.3 Å². The number of benzene rings is 1. The number of amides is 3. The Bertz CT molecular complexity index is 815. The number of thioether (sulfide) groups is 1. The summed E-state index contributed by atoms with van der Waals surface area (Å²) in [7, 11) is 0. The van der Waals surface area contributed by atoms with Crippen molar-refractivity contribution in [2.75, 3.05) is 18.8 Å². The van der Waals surface area contributed by atoms with Crippen molar-refractivity contribution >= 4 is 23.7 Å². The van der Waals surface area contributed by atoms with Gasteiger partial charge in [0.1, 0.15) is 0 Å². The molecule has 6 nitrogen and oxygen atoms in total. The molecule has 0 radical (unpaired) electrons. The molecule has 0 spiro atoms. The number of carbonyl (C=O) groups excluding carboxylic acids is 2. The summed E-state index contributed by atoms with van der Waals surface area (Å²) in [6.45, 7) is -0.317. The molecule has 3 rings (SSSR count). The molecule has 2 aliphatic heterocycles. The van der Waals surface area contributed by atoms with Crippen molar-refractivity contribution in [2.24, 2.45) is 0 Å². The lowest BCUT2D eigenvalue weighted by Gasteiger charge is -2.16. The first-order valence-corrected chi connectivity index (χ1v) is 11.0. The van der Waals surface area contributed by atoms with Crippen LogP contribution in [0.5, 0.6) is 0 Å². The Morgan fingerprint density at radius 2 is 1.65 bits per heavy atom. The molecular formula is C19H23F5N4O2S. The lowest BCUT2D eigenvalue weighted by atomic mass is 10.0. The lowest BCUT2D eigenvalue weighted by Crippen LogP contribution is -2.36. The summed E-state index contributed by atoms with van der Waals surface area (Å²) in [5.74, 6) is -9.20. The van der Waals surface area contributed by atoms with Crippen molar-refractivity contribution in [3.05, 3.63) is 34.6 Å². The first-order valence-electron chi connectivity index (χ1n) is 9.96. The molecule has 2 saturated heterocycles. The highest BCUT2D eigenvalue weighted by Crippen LogP contribution is 2.33. The highest BCUT2D eigenvalue weighted by molar-refractivity contribution is 8.00. The van der Waals surface area contributed by atoms with E-state index in [1.165, 1.54) is 0 Å². The van der Waals surface area contributed by atoms with E-state index in [9.17, 15) is 31.5 Å². The fourth-order valence-corrected chi connectivity index (χ4v) is 5.22. The Balaban J connectivity index is 1.28. The second-order valence-electron chi connectivity index (χ2n) is 7.44. The zero-order valence-corrected chi connectivity index (χ0v) is 17.3. The van der Waals surface area contributed by atoms with Gasteiger partial charge in [-0.25, -0.2) is 26.7 Å². The van der Waals surface area contributed by atoms with Gasteiger partial charge >= 0.3 is 6.03 Å². The Morgan fingerprint density at radius 3 is 2.35 bits per heavy atom. The molecule has 0 bridgehead atoms. The second kappa shape index (κ2) is 10.5. The van der Waals surface area contributed by atoms with Crippen LogP contribution in [-0.4, -0.2) is 48.1 Å². The average Bonchev–Trinajstić information content (AvgIpc) is 3.29. The average molecular weight is 466 g/mol. The van der Waals surface area contributed by atoms with Gasteiger partial charge in [0.25, 0.3) is 0 Å². The number of fused-ring (bicyclic) bond motifs is 1. The summed E-state index contributed by atoms with van der Waals surface area (Å²) in [6, 6.07) is 0.173. The van der Waals surface area contributed by atoms with Gasteiger partial charge in [-0.2, -0.15) is 11.8 Å². The predicted octanol–water partition coefficient (Wildman–Crippen LogP) is 2.31. The number of halogens is 5. The molecule has 2 heterocycles. The Morgan fingerprint density at radius 1 is 0.968 bits per heavy atom. The van der Waals surface area contributed by atoms with Gasteiger partial charge in [-0.15, -0.1) is 0 Å². The van der Waals surface area contributed by atoms with Gasteiger partial charge in [-0.05, 0) is 12.8 Å². The molecule has 1 aromatic carbocycles. The standard InChI is InChI=1S/C19H23F5N4O2S/c20-13-9(14(21)16(23)17(24)15(13)22)7-25-5-6-26-12(29)4-2-1-3-11-18-10(8-31-11)27-19(30)28-18/h10-11,18,25H,1-8H2,(H,26,29)(H2,27,28,30). The number of urea groups is 1. The lowest BCUT2D eigenvalue weighted by molar-refractivity contribution is -0.121. The number of nitrogens with one attached hydrogen (secondary N) is 4. The molecule has 1 aromatic rings. The van der Waals surface area contributed by atoms with E-state index in [0.717, 1.165) is 18.6 Å². The molecule has 2 aliphatic rings. The number of rotatable bonds is 10. The van der Waals surface area contributed by atoms with Crippen LogP contribution in [0.3, 0.4) is 0 Å². The highest BCUT2D eigenvalue weighted by atomic mass is 32.2. The molecule has 3 amide bonds. The zero-order chi connectivity index (χ0) is 22.5. The van der Waals surface area contributed by atoms with Crippen LogP contribution in [0.4, 0.5) is 26.7 Å². The van der Waals surface area contributed by atoms with Crippen LogP contribution in [-0.2, 0) is 11.3 Å². The quantitative estimate of drug-likeness (QED) is 0.140. The van der Waals surface area contributed by atoms with E-state index < -0.39 is 41.2 Å². The number of hydrogen-bond donors (Lipinski definition) is 4. The summed E-state index contributed by atoms with van der Waals surface area (Å²) in [5, 5.41) is 11.3. The largest absolute Gasteiger partial charge is 0.355 e. The second-order valence-corrected chi connectivity index (χ2v) is 8.72. The normalized spacial score (nSPS) is 22.2. The molecule has 12 heteroatoms. The van der Waals surface area contributed by atoms with Crippen molar-refractivity contribution in [3.63, 3.8) is 0 Å². The van der Waals surface area contributed by atoms with Gasteiger partial charge in [-0.1, -0.05) is 6.42 Å². The van der Waals surface area contributed by atoms with Crippen molar-refractivity contribution < 1.29 is 31.5 Å². The van der Waals surface area contributed by atoms with Crippen LogP contribution in [0.1, 0.15) is 31.2 Å². The Hall–Kier alpha value is -2.08. The number of hydrogen-bond acceptors (Lipinski definition) is 4. The van der Waals surface area contributed by atoms with E-state index >= 15 is 0 Å². The van der Waals surface area contributed by atoms with Gasteiger partial charge in [-0.3, -0.25) is 4.79 Å². The molecular weight excluding hydrogens is 443 g/mol. The van der Waals surface area contributed by atoms with E-state index in [2.05, 4.69) is 21.3 Å². The van der Waals surface area contributed by atoms with E-state index in [1.54, 1.807) is 0 Å². The number of carbonyl (C=O) groups is 2. The Kier molecular flexibility index (Phi) is 7.98. The Labute approximate surface area is 180 Å². The topological polar surface area (TPSA) is 82.3 Å². The molecule has 0 aliphatic carbocycles. The summed E-state index contributed by atoms with van der Waals surface area (Å²) < 4.78 is 66.4. The summed E-state index contributed by atoms with van der Waals surface area (Å²) in [6.07, 6.45) is 2.72. The molecule has 2 fully saturated rings. The third-order valence-electron chi connectivity index (χ3n) is 5.31. The molecule has 31 heavy (non-hydrogen) atoms. The van der Waals surface area contributed by atoms with Gasteiger partial charge in [0.2, 0.25) is 11.7 Å². The van der Waals surface area contributed by atoms with Crippen molar-refractivity contribution in [2.45, 2.75) is 49.6 Å². The minimum atomic E-state index is -2.19. The SMILES string of the molecule is O=C(CCCCC1SCC2NC(=O)NC21)NCCNCc1c(F)c(F)c(F)c(F)c1F. The molecule has 4 N–H and O–H groups in total. The van der Waals surface area contributed by atoms with E-state index in [0.29, 0.717) is 18.1 Å². The monoisotopic (exact) mass is 466 g/mol. The zero-order valence-electron chi connectivity index (χ0n) is 16.5. The maximum Gasteiger partial charge on any atom is 0.315 e. The minimum absolute atomic E-state index is 0.0969. The van der Waals surface area contributed by atoms with Crippen molar-refractivity contribution in [1.82, 2.24) is 21.3 Å². The molecule has 3 unspecified atom stereocenters. The van der Waals surface area contributed by atoms with Crippen LogP contribution >= 0.6 is 11.8 Å². The fraction of sp³-hybridized carbons (Fsp3) is 0.579. The minimum Gasteiger partial charge on any atom is -0.355 e. The third-order valence-corrected chi connectivity index (χ3v) is 6.82. The molecule has 172 valence electrons. The van der Waals surface area contributed by atoms with Gasteiger partial charge in [0.05, 0.1) is 12.1 Å². The van der Waals surface area contributed by atoms with Crippen LogP contribution in [0, 0.1) is 29.1 Å². The summed E-state index contributed by atoms with van der Waals surface area (Å²) in [4.78, 5) is 23.2. The predicted molar refractivity (Wildman–Crippen MR) is 105 cm³/mol. The van der Waals surface area contributed by atoms with Crippen LogP contribution < -0.4 is 21.3 Å².